The number of benzene rings is 2. The Bertz CT molecular complexity index is 1260. The van der Waals surface area contributed by atoms with Gasteiger partial charge in [-0.15, -0.1) is 0 Å². The maximum absolute atomic E-state index is 5.54. The van der Waals surface area contributed by atoms with Crippen molar-refractivity contribution in [1.82, 2.24) is 19.7 Å². The van der Waals surface area contributed by atoms with Crippen molar-refractivity contribution >= 4 is 34.2 Å². The first-order valence-electron chi connectivity index (χ1n) is 10.9. The molecule has 0 amide bonds. The molecule has 4 aromatic rings. The highest BCUT2D eigenvalue weighted by molar-refractivity contribution is 5.89. The second-order valence-electron chi connectivity index (χ2n) is 7.88. The number of piperazine rings is 1. The van der Waals surface area contributed by atoms with Gasteiger partial charge in [0.15, 0.2) is 5.65 Å². The lowest BCUT2D eigenvalue weighted by molar-refractivity contribution is 0.413. The zero-order valence-electron chi connectivity index (χ0n) is 19.0. The van der Waals surface area contributed by atoms with E-state index in [1.54, 1.807) is 25.1 Å². The minimum Gasteiger partial charge on any atom is -0.497 e. The quantitative estimate of drug-likeness (QED) is 0.483. The Morgan fingerprint density at radius 1 is 0.879 bits per heavy atom. The number of nitrogens with zero attached hydrogens (tertiary/aromatic N) is 6. The van der Waals surface area contributed by atoms with Crippen molar-refractivity contribution in [2.24, 2.45) is 7.05 Å². The van der Waals surface area contributed by atoms with Crippen LogP contribution in [0.25, 0.3) is 11.0 Å². The first-order chi connectivity index (χ1) is 16.2. The molecule has 170 valence electrons. The van der Waals surface area contributed by atoms with Crippen LogP contribution in [0.3, 0.4) is 0 Å². The highest BCUT2D eigenvalue weighted by Gasteiger charge is 2.23. The van der Waals surface area contributed by atoms with Crippen LogP contribution >= 0.6 is 0 Å². The van der Waals surface area contributed by atoms with E-state index in [0.29, 0.717) is 5.95 Å². The molecule has 1 fully saturated rings. The molecule has 0 atom stereocenters. The molecule has 2 aromatic carbocycles. The molecule has 0 radical (unpaired) electrons. The van der Waals surface area contributed by atoms with Crippen molar-refractivity contribution in [3.8, 4) is 11.5 Å². The molecule has 1 aliphatic rings. The minimum atomic E-state index is 0.691. The summed E-state index contributed by atoms with van der Waals surface area (Å²) in [5.74, 6) is 3.09. The molecule has 9 heteroatoms. The van der Waals surface area contributed by atoms with Crippen molar-refractivity contribution in [2.75, 3.05) is 55.5 Å². The Morgan fingerprint density at radius 3 is 2.45 bits per heavy atom. The molecule has 0 spiro atoms. The second kappa shape index (κ2) is 8.85. The van der Waals surface area contributed by atoms with Gasteiger partial charge in [-0.05, 0) is 24.3 Å². The fourth-order valence-electron chi connectivity index (χ4n) is 4.12. The maximum atomic E-state index is 5.54. The lowest BCUT2D eigenvalue weighted by Gasteiger charge is -2.36. The average Bonchev–Trinajstić information content (AvgIpc) is 3.25. The van der Waals surface area contributed by atoms with Gasteiger partial charge < -0.3 is 24.6 Å². The van der Waals surface area contributed by atoms with Gasteiger partial charge in [0, 0.05) is 45.0 Å². The van der Waals surface area contributed by atoms with Crippen LogP contribution < -0.4 is 24.6 Å². The molecule has 0 bridgehead atoms. The number of anilines is 4. The predicted octanol–water partition coefficient (Wildman–Crippen LogP) is 3.45. The zero-order valence-corrected chi connectivity index (χ0v) is 19.0. The molecule has 33 heavy (non-hydrogen) atoms. The number of aryl methyl sites for hydroxylation is 1. The first kappa shape index (κ1) is 20.9. The molecule has 1 saturated heterocycles. The normalized spacial score (nSPS) is 13.9. The van der Waals surface area contributed by atoms with Crippen LogP contribution in [0.5, 0.6) is 11.5 Å². The highest BCUT2D eigenvalue weighted by atomic mass is 16.5. The lowest BCUT2D eigenvalue weighted by Crippen LogP contribution is -2.47. The molecule has 0 saturated carbocycles. The summed E-state index contributed by atoms with van der Waals surface area (Å²) in [4.78, 5) is 14.3. The van der Waals surface area contributed by atoms with Gasteiger partial charge in [0.05, 0.1) is 31.5 Å². The third kappa shape index (κ3) is 4.09. The van der Waals surface area contributed by atoms with Crippen LogP contribution in [-0.2, 0) is 7.05 Å². The second-order valence-corrected chi connectivity index (χ2v) is 7.88. The molecule has 5 rings (SSSR count). The fraction of sp³-hybridized carbons (Fsp3) is 0.292. The summed E-state index contributed by atoms with van der Waals surface area (Å²) in [5, 5.41) is 8.70. The van der Waals surface area contributed by atoms with Crippen LogP contribution in [0.2, 0.25) is 0 Å². The standard InChI is InChI=1S/C24H27N7O2/c1-29-23-19(16-25-29)22(26-17-7-6-8-18(15-17)32-2)27-24(28-23)31-13-11-30(12-14-31)20-9-4-5-10-21(20)33-3/h4-10,15-16H,11-14H2,1-3H3,(H,26,27,28). The Kier molecular flexibility index (Phi) is 5.60. The van der Waals surface area contributed by atoms with Crippen molar-refractivity contribution in [2.45, 2.75) is 0 Å². The van der Waals surface area contributed by atoms with E-state index < -0.39 is 0 Å². The molecule has 1 N–H and O–H groups in total. The number of rotatable bonds is 6. The van der Waals surface area contributed by atoms with Crippen molar-refractivity contribution in [3.63, 3.8) is 0 Å². The Morgan fingerprint density at radius 2 is 1.67 bits per heavy atom. The summed E-state index contributed by atoms with van der Waals surface area (Å²) in [6, 6.07) is 15.9. The van der Waals surface area contributed by atoms with Gasteiger partial charge in [-0.1, -0.05) is 18.2 Å². The average molecular weight is 446 g/mol. The summed E-state index contributed by atoms with van der Waals surface area (Å²) in [6.07, 6.45) is 1.79. The summed E-state index contributed by atoms with van der Waals surface area (Å²) in [5.41, 5.74) is 2.80. The van der Waals surface area contributed by atoms with Crippen LogP contribution in [0.15, 0.2) is 54.7 Å². The van der Waals surface area contributed by atoms with E-state index in [1.165, 1.54) is 0 Å². The van der Waals surface area contributed by atoms with Gasteiger partial charge in [0.25, 0.3) is 0 Å². The molecule has 9 nitrogen and oxygen atoms in total. The number of hydrogen-bond donors (Lipinski definition) is 1. The van der Waals surface area contributed by atoms with Gasteiger partial charge in [-0.3, -0.25) is 4.68 Å². The first-order valence-corrected chi connectivity index (χ1v) is 10.9. The van der Waals surface area contributed by atoms with Gasteiger partial charge in [-0.2, -0.15) is 15.1 Å². The van der Waals surface area contributed by atoms with Crippen LogP contribution in [0, 0.1) is 0 Å². The fourth-order valence-corrected chi connectivity index (χ4v) is 4.12. The summed E-state index contributed by atoms with van der Waals surface area (Å²) >= 11 is 0. The van der Waals surface area contributed by atoms with E-state index in [0.717, 1.165) is 65.9 Å². The number of ether oxygens (including phenoxy) is 2. The highest BCUT2D eigenvalue weighted by Crippen LogP contribution is 2.31. The van der Waals surface area contributed by atoms with Crippen molar-refractivity contribution in [3.05, 3.63) is 54.7 Å². The molecule has 3 heterocycles. The number of para-hydroxylation sites is 2. The smallest absolute Gasteiger partial charge is 0.229 e. The van der Waals surface area contributed by atoms with Gasteiger partial charge >= 0.3 is 0 Å². The third-order valence-electron chi connectivity index (χ3n) is 5.90. The van der Waals surface area contributed by atoms with E-state index in [-0.39, 0.29) is 0 Å². The number of fused-ring (bicyclic) bond motifs is 1. The Labute approximate surface area is 192 Å². The summed E-state index contributed by atoms with van der Waals surface area (Å²) in [7, 11) is 5.27. The van der Waals surface area contributed by atoms with Gasteiger partial charge in [0.2, 0.25) is 5.95 Å². The minimum absolute atomic E-state index is 0.691. The lowest BCUT2D eigenvalue weighted by atomic mass is 10.2. The number of nitrogens with one attached hydrogen (secondary N) is 1. The number of hydrogen-bond acceptors (Lipinski definition) is 8. The topological polar surface area (TPSA) is 80.6 Å². The molecule has 2 aromatic heterocycles. The van der Waals surface area contributed by atoms with E-state index in [1.807, 2.05) is 49.5 Å². The largest absolute Gasteiger partial charge is 0.497 e. The monoisotopic (exact) mass is 445 g/mol. The number of methoxy groups -OCH3 is 2. The van der Waals surface area contributed by atoms with E-state index in [9.17, 15) is 0 Å². The number of aromatic nitrogens is 4. The van der Waals surface area contributed by atoms with Crippen molar-refractivity contribution < 1.29 is 9.47 Å². The van der Waals surface area contributed by atoms with Crippen LogP contribution in [-0.4, -0.2) is 60.1 Å². The van der Waals surface area contributed by atoms with E-state index in [2.05, 4.69) is 26.3 Å². The van der Waals surface area contributed by atoms with Crippen LogP contribution in [0.1, 0.15) is 0 Å². The van der Waals surface area contributed by atoms with E-state index in [4.69, 9.17) is 19.4 Å². The van der Waals surface area contributed by atoms with Crippen LogP contribution in [0.4, 0.5) is 23.1 Å². The molecule has 0 aliphatic carbocycles. The summed E-state index contributed by atoms with van der Waals surface area (Å²) < 4.78 is 12.7. The third-order valence-corrected chi connectivity index (χ3v) is 5.90. The van der Waals surface area contributed by atoms with Crippen molar-refractivity contribution in [1.29, 1.82) is 0 Å². The van der Waals surface area contributed by atoms with E-state index >= 15 is 0 Å². The summed E-state index contributed by atoms with van der Waals surface area (Å²) in [6.45, 7) is 3.32. The Hall–Kier alpha value is -4.01. The SMILES string of the molecule is COc1cccc(Nc2nc(N3CCN(c4ccccc4OC)CC3)nc3c2cnn3C)c1. The zero-order chi connectivity index (χ0) is 22.8. The molecule has 0 unspecified atom stereocenters. The molecular formula is C24H27N7O2. The van der Waals surface area contributed by atoms with Gasteiger partial charge in [-0.25, -0.2) is 0 Å². The maximum Gasteiger partial charge on any atom is 0.229 e. The molecule has 1 aliphatic heterocycles. The predicted molar refractivity (Wildman–Crippen MR) is 130 cm³/mol. The van der Waals surface area contributed by atoms with Gasteiger partial charge in [0.1, 0.15) is 17.3 Å². The molecular weight excluding hydrogens is 418 g/mol. The Balaban J connectivity index is 1.41.